The molecule has 0 saturated heterocycles. The standard InChI is InChI=1S/C24H27N3O3/c1-2-3-7-16-26(24(28)21-12-14-22(15-13-21)27(29)30)19-23-11-8-17-25(23)18-20-9-5-4-6-10-20/h4-6,8-15,17H,2-3,7,16,18-19H2,1H3. The number of carbonyl (C=O) groups is 1. The van der Waals surface area contributed by atoms with Gasteiger partial charge in [-0.1, -0.05) is 50.1 Å². The fourth-order valence-corrected chi connectivity index (χ4v) is 3.44. The molecule has 0 fully saturated rings. The van der Waals surface area contributed by atoms with Crippen LogP contribution in [0.2, 0.25) is 0 Å². The van der Waals surface area contributed by atoms with Crippen molar-refractivity contribution in [2.24, 2.45) is 0 Å². The van der Waals surface area contributed by atoms with E-state index in [1.807, 2.05) is 41.4 Å². The summed E-state index contributed by atoms with van der Waals surface area (Å²) in [5, 5.41) is 10.9. The third-order valence-electron chi connectivity index (χ3n) is 5.12. The fraction of sp³-hybridized carbons (Fsp3) is 0.292. The number of nitrogens with zero attached hydrogens (tertiary/aromatic N) is 3. The topological polar surface area (TPSA) is 68.4 Å². The van der Waals surface area contributed by atoms with Gasteiger partial charge in [0.2, 0.25) is 0 Å². The number of nitro groups is 1. The van der Waals surface area contributed by atoms with E-state index in [1.165, 1.54) is 29.8 Å². The number of hydrogen-bond donors (Lipinski definition) is 0. The lowest BCUT2D eigenvalue weighted by Crippen LogP contribution is -2.32. The first-order chi connectivity index (χ1) is 14.6. The molecule has 0 aliphatic carbocycles. The molecule has 0 spiro atoms. The fourth-order valence-electron chi connectivity index (χ4n) is 3.44. The van der Waals surface area contributed by atoms with E-state index in [9.17, 15) is 14.9 Å². The van der Waals surface area contributed by atoms with Crippen LogP contribution < -0.4 is 0 Å². The van der Waals surface area contributed by atoms with Crippen molar-refractivity contribution in [1.82, 2.24) is 9.47 Å². The lowest BCUT2D eigenvalue weighted by molar-refractivity contribution is -0.384. The second-order valence-electron chi connectivity index (χ2n) is 7.35. The molecule has 0 atom stereocenters. The highest BCUT2D eigenvalue weighted by Gasteiger charge is 2.18. The molecule has 0 bridgehead atoms. The first-order valence-electron chi connectivity index (χ1n) is 10.3. The second-order valence-corrected chi connectivity index (χ2v) is 7.35. The molecule has 0 saturated carbocycles. The number of unbranched alkanes of at least 4 members (excludes halogenated alkanes) is 2. The van der Waals surface area contributed by atoms with Crippen molar-refractivity contribution >= 4 is 11.6 Å². The Morgan fingerprint density at radius 3 is 2.40 bits per heavy atom. The molecule has 2 aromatic carbocycles. The number of amides is 1. The summed E-state index contributed by atoms with van der Waals surface area (Å²) in [7, 11) is 0. The summed E-state index contributed by atoms with van der Waals surface area (Å²) in [5.74, 6) is -0.103. The maximum atomic E-state index is 13.2. The van der Waals surface area contributed by atoms with Crippen LogP contribution in [0.1, 0.15) is 47.8 Å². The van der Waals surface area contributed by atoms with Crippen molar-refractivity contribution in [3.63, 3.8) is 0 Å². The Labute approximate surface area is 176 Å². The zero-order chi connectivity index (χ0) is 21.3. The summed E-state index contributed by atoms with van der Waals surface area (Å²) >= 11 is 0. The van der Waals surface area contributed by atoms with E-state index >= 15 is 0 Å². The van der Waals surface area contributed by atoms with Crippen molar-refractivity contribution in [1.29, 1.82) is 0 Å². The van der Waals surface area contributed by atoms with Gasteiger partial charge in [-0.2, -0.15) is 0 Å². The van der Waals surface area contributed by atoms with E-state index < -0.39 is 4.92 Å². The van der Waals surface area contributed by atoms with Gasteiger partial charge in [-0.25, -0.2) is 0 Å². The highest BCUT2D eigenvalue weighted by Crippen LogP contribution is 2.17. The highest BCUT2D eigenvalue weighted by molar-refractivity contribution is 5.94. The SMILES string of the molecule is CCCCCN(Cc1cccn1Cc1ccccc1)C(=O)c1ccc([N+](=O)[O-])cc1. The molecular weight excluding hydrogens is 378 g/mol. The van der Waals surface area contributed by atoms with Gasteiger partial charge in [0, 0.05) is 42.7 Å². The van der Waals surface area contributed by atoms with Crippen molar-refractivity contribution in [3.05, 3.63) is 99.9 Å². The Balaban J connectivity index is 1.78. The number of rotatable bonds is 10. The van der Waals surface area contributed by atoms with Crippen LogP contribution in [-0.2, 0) is 13.1 Å². The zero-order valence-electron chi connectivity index (χ0n) is 17.2. The molecule has 3 aromatic rings. The molecule has 1 aromatic heterocycles. The Bertz CT molecular complexity index is 965. The maximum Gasteiger partial charge on any atom is 0.269 e. The number of hydrogen-bond acceptors (Lipinski definition) is 3. The van der Waals surface area contributed by atoms with Gasteiger partial charge in [0.05, 0.1) is 11.5 Å². The summed E-state index contributed by atoms with van der Waals surface area (Å²) < 4.78 is 2.16. The quantitative estimate of drug-likeness (QED) is 0.262. The van der Waals surface area contributed by atoms with Crippen LogP contribution in [0, 0.1) is 10.1 Å². The van der Waals surface area contributed by atoms with Crippen LogP contribution in [0.15, 0.2) is 72.9 Å². The summed E-state index contributed by atoms with van der Waals surface area (Å²) in [6, 6.07) is 20.1. The van der Waals surface area contributed by atoms with Crippen molar-refractivity contribution in [2.45, 2.75) is 39.3 Å². The molecule has 0 radical (unpaired) electrons. The van der Waals surface area contributed by atoms with Crippen LogP contribution in [0.3, 0.4) is 0 Å². The molecular formula is C24H27N3O3. The van der Waals surface area contributed by atoms with Gasteiger partial charge in [0.1, 0.15) is 0 Å². The van der Waals surface area contributed by atoms with E-state index in [0.717, 1.165) is 31.5 Å². The van der Waals surface area contributed by atoms with E-state index in [2.05, 4.69) is 23.6 Å². The van der Waals surface area contributed by atoms with E-state index in [0.29, 0.717) is 18.7 Å². The summed E-state index contributed by atoms with van der Waals surface area (Å²) in [6.07, 6.45) is 5.08. The zero-order valence-corrected chi connectivity index (χ0v) is 17.2. The van der Waals surface area contributed by atoms with Gasteiger partial charge in [-0.15, -0.1) is 0 Å². The molecule has 1 amide bonds. The first-order valence-corrected chi connectivity index (χ1v) is 10.3. The lowest BCUT2D eigenvalue weighted by Gasteiger charge is -2.24. The molecule has 6 nitrogen and oxygen atoms in total. The minimum Gasteiger partial charge on any atom is -0.345 e. The molecule has 1 heterocycles. The Morgan fingerprint density at radius 1 is 1.00 bits per heavy atom. The van der Waals surface area contributed by atoms with Gasteiger partial charge in [-0.05, 0) is 36.2 Å². The summed E-state index contributed by atoms with van der Waals surface area (Å²) in [6.45, 7) is 4.03. The third kappa shape index (κ3) is 5.56. The molecule has 3 rings (SSSR count). The van der Waals surface area contributed by atoms with Crippen LogP contribution in [0.4, 0.5) is 5.69 Å². The summed E-state index contributed by atoms with van der Waals surface area (Å²) in [4.78, 5) is 25.4. The maximum absolute atomic E-state index is 13.2. The number of carbonyl (C=O) groups excluding carboxylic acids is 1. The first kappa shape index (κ1) is 21.3. The molecule has 0 aliphatic rings. The smallest absolute Gasteiger partial charge is 0.269 e. The number of nitro benzene ring substituents is 1. The largest absolute Gasteiger partial charge is 0.345 e. The van der Waals surface area contributed by atoms with Gasteiger partial charge < -0.3 is 9.47 Å². The predicted molar refractivity (Wildman–Crippen MR) is 117 cm³/mol. The molecule has 6 heteroatoms. The van der Waals surface area contributed by atoms with Crippen LogP contribution in [-0.4, -0.2) is 26.8 Å². The third-order valence-corrected chi connectivity index (χ3v) is 5.12. The predicted octanol–water partition coefficient (Wildman–Crippen LogP) is 5.28. The van der Waals surface area contributed by atoms with Gasteiger partial charge >= 0.3 is 0 Å². The van der Waals surface area contributed by atoms with E-state index in [-0.39, 0.29) is 11.6 Å². The van der Waals surface area contributed by atoms with E-state index in [4.69, 9.17) is 0 Å². The monoisotopic (exact) mass is 405 g/mol. The summed E-state index contributed by atoms with van der Waals surface area (Å²) in [5.41, 5.74) is 2.72. The Hall–Kier alpha value is -3.41. The van der Waals surface area contributed by atoms with Crippen molar-refractivity contribution < 1.29 is 9.72 Å². The van der Waals surface area contributed by atoms with Gasteiger partial charge in [0.15, 0.2) is 0 Å². The minimum absolute atomic E-state index is 0.0131. The number of aromatic nitrogens is 1. The number of benzene rings is 2. The molecule has 0 unspecified atom stereocenters. The molecule has 0 N–H and O–H groups in total. The van der Waals surface area contributed by atoms with Crippen molar-refractivity contribution in [3.8, 4) is 0 Å². The average Bonchev–Trinajstić information content (AvgIpc) is 3.20. The van der Waals surface area contributed by atoms with E-state index in [1.54, 1.807) is 0 Å². The molecule has 30 heavy (non-hydrogen) atoms. The van der Waals surface area contributed by atoms with Crippen LogP contribution in [0.25, 0.3) is 0 Å². The normalized spacial score (nSPS) is 10.7. The Kier molecular flexibility index (Phi) is 7.38. The average molecular weight is 405 g/mol. The number of non-ortho nitro benzene ring substituents is 1. The second kappa shape index (κ2) is 10.4. The van der Waals surface area contributed by atoms with Crippen LogP contribution in [0.5, 0.6) is 0 Å². The Morgan fingerprint density at radius 2 is 1.73 bits per heavy atom. The molecule has 156 valence electrons. The van der Waals surface area contributed by atoms with Crippen molar-refractivity contribution in [2.75, 3.05) is 6.54 Å². The van der Waals surface area contributed by atoms with Gasteiger partial charge in [-0.3, -0.25) is 14.9 Å². The minimum atomic E-state index is -0.455. The lowest BCUT2D eigenvalue weighted by atomic mass is 10.1. The molecule has 0 aliphatic heterocycles. The van der Waals surface area contributed by atoms with Gasteiger partial charge in [0.25, 0.3) is 11.6 Å². The van der Waals surface area contributed by atoms with Crippen LogP contribution >= 0.6 is 0 Å². The highest BCUT2D eigenvalue weighted by atomic mass is 16.6.